The zero-order chi connectivity index (χ0) is 10.2. The highest BCUT2D eigenvalue weighted by molar-refractivity contribution is 4.65. The predicted molar refractivity (Wildman–Crippen MR) is 57.0 cm³/mol. The molecule has 0 aliphatic carbocycles. The number of nitrogens with one attached hydrogen (secondary N) is 1. The third kappa shape index (κ3) is 3.87. The largest absolute Gasteiger partial charge is 0.315 e. The monoisotopic (exact) mass is 196 g/mol. The van der Waals surface area contributed by atoms with E-state index in [0.717, 1.165) is 25.6 Å². The van der Waals surface area contributed by atoms with Gasteiger partial charge in [0, 0.05) is 12.7 Å². The van der Waals surface area contributed by atoms with Gasteiger partial charge in [-0.3, -0.25) is 4.68 Å². The Balaban J connectivity index is 2.04. The SMILES string of the molecule is CCC(CC)CNCCn1ccnn1. The summed E-state index contributed by atoms with van der Waals surface area (Å²) in [5.41, 5.74) is 0. The zero-order valence-corrected chi connectivity index (χ0v) is 9.11. The lowest BCUT2D eigenvalue weighted by atomic mass is 10.0. The van der Waals surface area contributed by atoms with E-state index in [9.17, 15) is 0 Å². The molecule has 0 fully saturated rings. The highest BCUT2D eigenvalue weighted by Gasteiger charge is 2.01. The molecule has 0 aromatic carbocycles. The molecule has 0 saturated carbocycles. The van der Waals surface area contributed by atoms with E-state index in [1.807, 2.05) is 10.9 Å². The van der Waals surface area contributed by atoms with E-state index < -0.39 is 0 Å². The molecule has 1 heterocycles. The van der Waals surface area contributed by atoms with Crippen LogP contribution in [0.5, 0.6) is 0 Å². The fraction of sp³-hybridized carbons (Fsp3) is 0.800. The van der Waals surface area contributed by atoms with Crippen molar-refractivity contribution >= 4 is 0 Å². The molecule has 0 aliphatic rings. The first-order valence-corrected chi connectivity index (χ1v) is 5.41. The van der Waals surface area contributed by atoms with Gasteiger partial charge in [0.25, 0.3) is 0 Å². The van der Waals surface area contributed by atoms with Gasteiger partial charge < -0.3 is 5.32 Å². The van der Waals surface area contributed by atoms with Crippen molar-refractivity contribution in [1.82, 2.24) is 20.3 Å². The van der Waals surface area contributed by atoms with Crippen molar-refractivity contribution in [3.63, 3.8) is 0 Å². The average molecular weight is 196 g/mol. The smallest absolute Gasteiger partial charge is 0.0692 e. The van der Waals surface area contributed by atoms with Gasteiger partial charge >= 0.3 is 0 Å². The summed E-state index contributed by atoms with van der Waals surface area (Å²) >= 11 is 0. The molecule has 4 heteroatoms. The Hall–Kier alpha value is -0.900. The fourth-order valence-electron chi connectivity index (χ4n) is 1.43. The first-order chi connectivity index (χ1) is 6.86. The summed E-state index contributed by atoms with van der Waals surface area (Å²) < 4.78 is 1.85. The quantitative estimate of drug-likeness (QED) is 0.668. The number of aromatic nitrogens is 3. The summed E-state index contributed by atoms with van der Waals surface area (Å²) in [6, 6.07) is 0. The summed E-state index contributed by atoms with van der Waals surface area (Å²) in [5.74, 6) is 0.811. The molecule has 1 aromatic heterocycles. The summed E-state index contributed by atoms with van der Waals surface area (Å²) in [7, 11) is 0. The molecule has 0 bridgehead atoms. The van der Waals surface area contributed by atoms with Crippen LogP contribution in [-0.4, -0.2) is 28.1 Å². The highest BCUT2D eigenvalue weighted by atomic mass is 15.4. The van der Waals surface area contributed by atoms with Gasteiger partial charge in [-0.1, -0.05) is 31.9 Å². The molecule has 0 saturated heterocycles. The molecule has 1 rings (SSSR count). The van der Waals surface area contributed by atoms with Crippen LogP contribution in [0.15, 0.2) is 12.4 Å². The van der Waals surface area contributed by atoms with Crippen molar-refractivity contribution in [1.29, 1.82) is 0 Å². The third-order valence-corrected chi connectivity index (χ3v) is 2.58. The van der Waals surface area contributed by atoms with Gasteiger partial charge in [-0.15, -0.1) is 5.10 Å². The number of rotatable bonds is 7. The second-order valence-corrected chi connectivity index (χ2v) is 3.55. The van der Waals surface area contributed by atoms with Crippen LogP contribution in [0.4, 0.5) is 0 Å². The average Bonchev–Trinajstić information content (AvgIpc) is 2.71. The van der Waals surface area contributed by atoms with Crippen molar-refractivity contribution in [2.24, 2.45) is 5.92 Å². The van der Waals surface area contributed by atoms with Gasteiger partial charge in [0.15, 0.2) is 0 Å². The molecule has 0 radical (unpaired) electrons. The minimum absolute atomic E-state index is 0.811. The van der Waals surface area contributed by atoms with E-state index in [1.165, 1.54) is 12.8 Å². The van der Waals surface area contributed by atoms with Crippen molar-refractivity contribution in [3.05, 3.63) is 12.4 Å². The Morgan fingerprint density at radius 3 is 2.71 bits per heavy atom. The summed E-state index contributed by atoms with van der Waals surface area (Å²) in [6.45, 7) is 7.47. The van der Waals surface area contributed by atoms with E-state index in [1.54, 1.807) is 6.20 Å². The standard InChI is InChI=1S/C10H20N4/c1-3-10(4-2)9-11-5-7-14-8-6-12-13-14/h6,8,10-11H,3-5,7,9H2,1-2H3. The molecule has 14 heavy (non-hydrogen) atoms. The highest BCUT2D eigenvalue weighted by Crippen LogP contribution is 2.04. The number of hydrogen-bond donors (Lipinski definition) is 1. The van der Waals surface area contributed by atoms with Crippen LogP contribution in [0.1, 0.15) is 26.7 Å². The van der Waals surface area contributed by atoms with E-state index in [-0.39, 0.29) is 0 Å². The van der Waals surface area contributed by atoms with Crippen LogP contribution in [-0.2, 0) is 6.54 Å². The molecule has 0 amide bonds. The molecule has 4 nitrogen and oxygen atoms in total. The number of nitrogens with zero attached hydrogens (tertiary/aromatic N) is 3. The summed E-state index contributed by atoms with van der Waals surface area (Å²) in [6.07, 6.45) is 6.11. The van der Waals surface area contributed by atoms with Gasteiger partial charge in [0.2, 0.25) is 0 Å². The summed E-state index contributed by atoms with van der Waals surface area (Å²) in [5, 5.41) is 11.1. The second kappa shape index (κ2) is 6.54. The van der Waals surface area contributed by atoms with Crippen molar-refractivity contribution in [3.8, 4) is 0 Å². The van der Waals surface area contributed by atoms with Crippen LogP contribution in [0.3, 0.4) is 0 Å². The molecule has 0 atom stereocenters. The molecule has 0 unspecified atom stereocenters. The maximum absolute atomic E-state index is 3.90. The van der Waals surface area contributed by atoms with E-state index >= 15 is 0 Å². The van der Waals surface area contributed by atoms with Crippen LogP contribution in [0.25, 0.3) is 0 Å². The maximum atomic E-state index is 3.90. The van der Waals surface area contributed by atoms with E-state index in [4.69, 9.17) is 0 Å². The number of hydrogen-bond acceptors (Lipinski definition) is 3. The lowest BCUT2D eigenvalue weighted by molar-refractivity contribution is 0.435. The first-order valence-electron chi connectivity index (χ1n) is 5.41. The maximum Gasteiger partial charge on any atom is 0.0692 e. The Morgan fingerprint density at radius 2 is 2.14 bits per heavy atom. The lowest BCUT2D eigenvalue weighted by Gasteiger charge is -2.12. The van der Waals surface area contributed by atoms with Gasteiger partial charge in [-0.25, -0.2) is 0 Å². The van der Waals surface area contributed by atoms with E-state index in [2.05, 4.69) is 29.5 Å². The van der Waals surface area contributed by atoms with Crippen molar-refractivity contribution < 1.29 is 0 Å². The van der Waals surface area contributed by atoms with Crippen LogP contribution >= 0.6 is 0 Å². The zero-order valence-electron chi connectivity index (χ0n) is 9.11. The van der Waals surface area contributed by atoms with Crippen molar-refractivity contribution in [2.75, 3.05) is 13.1 Å². The molecule has 80 valence electrons. The topological polar surface area (TPSA) is 42.7 Å². The minimum atomic E-state index is 0.811. The lowest BCUT2D eigenvalue weighted by Crippen LogP contribution is -2.26. The molecule has 1 aromatic rings. The Labute approximate surface area is 85.7 Å². The second-order valence-electron chi connectivity index (χ2n) is 3.55. The normalized spacial score (nSPS) is 11.1. The van der Waals surface area contributed by atoms with Gasteiger partial charge in [-0.2, -0.15) is 0 Å². The summed E-state index contributed by atoms with van der Waals surface area (Å²) in [4.78, 5) is 0. The Morgan fingerprint density at radius 1 is 1.36 bits per heavy atom. The Bertz CT molecular complexity index is 216. The molecular formula is C10H20N4. The third-order valence-electron chi connectivity index (χ3n) is 2.58. The minimum Gasteiger partial charge on any atom is -0.315 e. The fourth-order valence-corrected chi connectivity index (χ4v) is 1.43. The van der Waals surface area contributed by atoms with E-state index in [0.29, 0.717) is 0 Å². The van der Waals surface area contributed by atoms with Crippen LogP contribution < -0.4 is 5.32 Å². The molecule has 1 N–H and O–H groups in total. The predicted octanol–water partition coefficient (Wildman–Crippen LogP) is 1.30. The van der Waals surface area contributed by atoms with Gasteiger partial charge in [0.1, 0.15) is 0 Å². The van der Waals surface area contributed by atoms with Gasteiger partial charge in [0.05, 0.1) is 12.7 Å². The molecule has 0 aliphatic heterocycles. The first kappa shape index (κ1) is 11.2. The van der Waals surface area contributed by atoms with Gasteiger partial charge in [-0.05, 0) is 12.5 Å². The van der Waals surface area contributed by atoms with Crippen LogP contribution in [0.2, 0.25) is 0 Å². The molecular weight excluding hydrogens is 176 g/mol. The molecule has 0 spiro atoms. The van der Waals surface area contributed by atoms with Crippen molar-refractivity contribution in [2.45, 2.75) is 33.2 Å². The van der Waals surface area contributed by atoms with Crippen LogP contribution in [0, 0.1) is 5.92 Å². The Kier molecular flexibility index (Phi) is 5.22.